The van der Waals surface area contributed by atoms with Gasteiger partial charge in [0.05, 0.1) is 12.1 Å². The molecule has 6 aliphatic rings. The van der Waals surface area contributed by atoms with E-state index in [-0.39, 0.29) is 29.9 Å². The molecule has 0 radical (unpaired) electrons. The van der Waals surface area contributed by atoms with Crippen molar-refractivity contribution in [2.45, 2.75) is 96.2 Å². The van der Waals surface area contributed by atoms with Crippen LogP contribution in [0.2, 0.25) is 0 Å². The van der Waals surface area contributed by atoms with Crippen molar-refractivity contribution in [1.29, 1.82) is 0 Å². The summed E-state index contributed by atoms with van der Waals surface area (Å²) >= 11 is 0. The monoisotopic (exact) mass is 531 g/mol. The number of carbonyl (C=O) groups is 2. The summed E-state index contributed by atoms with van der Waals surface area (Å²) in [5.41, 5.74) is 9.44. The first-order valence-corrected chi connectivity index (χ1v) is 14.2. The number of hydrogen-bond donors (Lipinski definition) is 3. The van der Waals surface area contributed by atoms with Crippen LogP contribution in [0, 0.1) is 0 Å². The van der Waals surface area contributed by atoms with Crippen molar-refractivity contribution in [1.82, 2.24) is 21.1 Å². The molecule has 0 spiro atoms. The number of carbonyl (C=O) groups excluding carboxylic acids is 2. The van der Waals surface area contributed by atoms with Crippen LogP contribution in [-0.4, -0.2) is 40.5 Å². The maximum atomic E-state index is 13.6. The van der Waals surface area contributed by atoms with E-state index in [1.807, 2.05) is 32.0 Å². The predicted molar refractivity (Wildman–Crippen MR) is 147 cm³/mol. The van der Waals surface area contributed by atoms with Gasteiger partial charge in [0, 0.05) is 29.5 Å². The number of aliphatic imine (C=N–C) groups is 1. The van der Waals surface area contributed by atoms with Crippen molar-refractivity contribution in [2.75, 3.05) is 0 Å². The van der Waals surface area contributed by atoms with Crippen molar-refractivity contribution >= 4 is 17.8 Å². The summed E-state index contributed by atoms with van der Waals surface area (Å²) in [5, 5.41) is 3.27. The maximum absolute atomic E-state index is 13.6. The zero-order valence-corrected chi connectivity index (χ0v) is 23.0. The van der Waals surface area contributed by atoms with Crippen LogP contribution in [0.5, 0.6) is 11.5 Å². The topological polar surface area (TPSA) is 104 Å². The molecule has 4 atom stereocenters. The minimum atomic E-state index is -0.458. The first-order valence-electron chi connectivity index (χ1n) is 14.2. The summed E-state index contributed by atoms with van der Waals surface area (Å²) in [5.74, 6) is 1.88. The fourth-order valence-electron chi connectivity index (χ4n) is 6.29. The Labute approximate surface area is 229 Å². The lowest BCUT2D eigenvalue weighted by Crippen LogP contribution is -2.65. The third kappa shape index (κ3) is 4.62. The van der Waals surface area contributed by atoms with Gasteiger partial charge >= 0.3 is 0 Å². The summed E-state index contributed by atoms with van der Waals surface area (Å²) in [4.78, 5) is 33.5. The van der Waals surface area contributed by atoms with E-state index in [0.717, 1.165) is 42.6 Å². The highest BCUT2D eigenvalue weighted by molar-refractivity contribution is 6.00. The van der Waals surface area contributed by atoms with Crippen molar-refractivity contribution in [3.8, 4) is 11.5 Å². The van der Waals surface area contributed by atoms with E-state index >= 15 is 0 Å². The third-order valence-electron chi connectivity index (χ3n) is 8.04. The lowest BCUT2D eigenvalue weighted by molar-refractivity contribution is -0.133. The van der Waals surface area contributed by atoms with Crippen LogP contribution in [0.3, 0.4) is 0 Å². The Morgan fingerprint density at radius 3 is 2.69 bits per heavy atom. The summed E-state index contributed by atoms with van der Waals surface area (Å²) < 4.78 is 12.4. The van der Waals surface area contributed by atoms with E-state index in [1.54, 1.807) is 11.0 Å². The Bertz CT molecular complexity index is 1340. The SMILES string of the molecule is CC.CC1(C)CC2NC(=O)c3ccc4c(c3)[C@H]3C(NNC5=NC(CCCCc6ccc(c2c6)O1)CC(=O)N53)O4. The van der Waals surface area contributed by atoms with E-state index in [1.165, 1.54) is 5.56 Å². The van der Waals surface area contributed by atoms with Gasteiger partial charge in [0.15, 0.2) is 6.23 Å². The number of rotatable bonds is 0. The Morgan fingerprint density at radius 1 is 1.03 bits per heavy atom. The Hall–Kier alpha value is -3.59. The van der Waals surface area contributed by atoms with Crippen LogP contribution >= 0.6 is 0 Å². The van der Waals surface area contributed by atoms with Crippen LogP contribution in [0.1, 0.15) is 98.9 Å². The molecular formula is C30H37N5O4. The van der Waals surface area contributed by atoms with Crippen LogP contribution in [0.4, 0.5) is 0 Å². The normalized spacial score (nSPS) is 28.0. The largest absolute Gasteiger partial charge is 0.487 e. The molecule has 3 unspecified atom stereocenters. The van der Waals surface area contributed by atoms with E-state index in [9.17, 15) is 9.59 Å². The molecule has 6 aliphatic heterocycles. The second-order valence-corrected chi connectivity index (χ2v) is 11.3. The molecule has 8 rings (SSSR count). The molecular weight excluding hydrogens is 494 g/mol. The maximum Gasteiger partial charge on any atom is 0.251 e. The van der Waals surface area contributed by atoms with Crippen molar-refractivity contribution in [2.24, 2.45) is 4.99 Å². The van der Waals surface area contributed by atoms with Gasteiger partial charge < -0.3 is 14.8 Å². The standard InChI is InChI=1S/C28H31N5O4.C2H6/c1-28(2)14-20-18-11-15(7-9-22(18)37-28)5-3-4-6-17-13-23(34)33-24-19-12-16(25(35)30-20)8-10-21(19)36-26(24)31-32-27(33)29-17;1-2/h7-12,17,20,24,26,31H,3-6,13-14H2,1-2H3,(H,29,32)(H,30,35);1-2H3/t17?,20?,24-,26?;/m0./s1. The number of guanidine groups is 1. The number of aryl methyl sites for hydroxylation is 1. The fourth-order valence-corrected chi connectivity index (χ4v) is 6.29. The molecule has 0 aromatic heterocycles. The highest BCUT2D eigenvalue weighted by atomic mass is 16.5. The van der Waals surface area contributed by atoms with E-state index < -0.39 is 11.8 Å². The number of ether oxygens (including phenoxy) is 2. The molecule has 0 saturated carbocycles. The Kier molecular flexibility index (Phi) is 6.49. The zero-order chi connectivity index (χ0) is 27.3. The average molecular weight is 532 g/mol. The molecule has 2 amide bonds. The number of nitrogens with one attached hydrogen (secondary N) is 3. The molecule has 39 heavy (non-hydrogen) atoms. The van der Waals surface area contributed by atoms with Gasteiger partial charge in [-0.1, -0.05) is 32.4 Å². The first kappa shape index (κ1) is 25.7. The second kappa shape index (κ2) is 9.86. The first-order chi connectivity index (χ1) is 18.8. The summed E-state index contributed by atoms with van der Waals surface area (Å²) in [6.45, 7) is 8.11. The summed E-state index contributed by atoms with van der Waals surface area (Å²) in [6, 6.07) is 11.2. The van der Waals surface area contributed by atoms with Crippen molar-refractivity contribution < 1.29 is 19.1 Å². The van der Waals surface area contributed by atoms with Gasteiger partial charge in [0.1, 0.15) is 23.1 Å². The predicted octanol–water partition coefficient (Wildman–Crippen LogP) is 4.30. The molecule has 8 bridgehead atoms. The van der Waals surface area contributed by atoms with E-state index in [0.29, 0.717) is 30.1 Å². The van der Waals surface area contributed by atoms with Gasteiger partial charge in [0.25, 0.3) is 5.91 Å². The minimum Gasteiger partial charge on any atom is -0.487 e. The lowest BCUT2D eigenvalue weighted by atomic mass is 9.88. The molecule has 3 N–H and O–H groups in total. The second-order valence-electron chi connectivity index (χ2n) is 11.3. The average Bonchev–Trinajstić information content (AvgIpc) is 3.29. The van der Waals surface area contributed by atoms with Crippen LogP contribution in [0.15, 0.2) is 41.4 Å². The van der Waals surface area contributed by atoms with Crippen molar-refractivity contribution in [3.05, 3.63) is 58.7 Å². The summed E-state index contributed by atoms with van der Waals surface area (Å²) in [6.07, 6.45) is 4.35. The molecule has 0 aliphatic carbocycles. The fraction of sp³-hybridized carbons (Fsp3) is 0.500. The quantitative estimate of drug-likeness (QED) is 0.469. The molecule has 1 fully saturated rings. The van der Waals surface area contributed by atoms with Crippen LogP contribution in [0.25, 0.3) is 0 Å². The van der Waals surface area contributed by atoms with Gasteiger partial charge in [-0.15, -0.1) is 0 Å². The Morgan fingerprint density at radius 2 is 1.85 bits per heavy atom. The number of amides is 2. The van der Waals surface area contributed by atoms with Crippen molar-refractivity contribution in [3.63, 3.8) is 0 Å². The van der Waals surface area contributed by atoms with Crippen LogP contribution < -0.4 is 25.6 Å². The van der Waals surface area contributed by atoms with E-state index in [4.69, 9.17) is 14.5 Å². The molecule has 206 valence electrons. The third-order valence-corrected chi connectivity index (χ3v) is 8.04. The molecule has 2 aromatic rings. The molecule has 1 saturated heterocycles. The number of hydrogen-bond acceptors (Lipinski definition) is 7. The number of fused-ring (bicyclic) bond motifs is 5. The molecule has 2 aromatic carbocycles. The molecule has 9 nitrogen and oxygen atoms in total. The van der Waals surface area contributed by atoms with Gasteiger partial charge in [-0.2, -0.15) is 5.43 Å². The van der Waals surface area contributed by atoms with Gasteiger partial charge in [-0.05, 0) is 62.9 Å². The summed E-state index contributed by atoms with van der Waals surface area (Å²) in [7, 11) is 0. The number of hydrazine groups is 1. The smallest absolute Gasteiger partial charge is 0.251 e. The van der Waals surface area contributed by atoms with Gasteiger partial charge in [-0.3, -0.25) is 19.9 Å². The number of nitrogens with zero attached hydrogens (tertiary/aromatic N) is 2. The van der Waals surface area contributed by atoms with Crippen LogP contribution in [-0.2, 0) is 11.2 Å². The lowest BCUT2D eigenvalue weighted by Gasteiger charge is -2.41. The Balaban J connectivity index is 0.00000135. The number of benzene rings is 2. The van der Waals surface area contributed by atoms with Gasteiger partial charge in [-0.25, -0.2) is 4.99 Å². The zero-order valence-electron chi connectivity index (χ0n) is 23.0. The van der Waals surface area contributed by atoms with E-state index in [2.05, 4.69) is 42.1 Å². The highest BCUT2D eigenvalue weighted by Crippen LogP contribution is 2.43. The minimum absolute atomic E-state index is 0.0242. The van der Waals surface area contributed by atoms with Gasteiger partial charge in [0.2, 0.25) is 11.9 Å². The highest BCUT2D eigenvalue weighted by Gasteiger charge is 2.48. The molecule has 6 heterocycles. The molecule has 9 heteroatoms.